The molecule has 1 rings (SSSR count). The van der Waals surface area contributed by atoms with E-state index < -0.39 is 0 Å². The van der Waals surface area contributed by atoms with Crippen LogP contribution in [-0.4, -0.2) is 13.2 Å². The summed E-state index contributed by atoms with van der Waals surface area (Å²) in [4.78, 5) is 0. The summed E-state index contributed by atoms with van der Waals surface area (Å²) in [6, 6.07) is 8.79. The molecule has 0 aromatic heterocycles. The number of hydrogen-bond donors (Lipinski definition) is 2. The molecule has 0 aliphatic carbocycles. The van der Waals surface area contributed by atoms with E-state index in [9.17, 15) is 0 Å². The van der Waals surface area contributed by atoms with E-state index in [2.05, 4.69) is 50.5 Å². The lowest BCUT2D eigenvalue weighted by atomic mass is 9.96. The molecule has 3 nitrogen and oxygen atoms in total. The van der Waals surface area contributed by atoms with Crippen molar-refractivity contribution in [2.45, 2.75) is 45.8 Å². The molecule has 0 radical (unpaired) electrons. The van der Waals surface area contributed by atoms with Crippen molar-refractivity contribution < 1.29 is 4.74 Å². The molecule has 0 aliphatic heterocycles. The predicted molar refractivity (Wildman–Crippen MR) is 76.1 cm³/mol. The third-order valence-electron chi connectivity index (χ3n) is 3.17. The van der Waals surface area contributed by atoms with Crippen LogP contribution in [0.5, 0.6) is 0 Å². The Bertz CT molecular complexity index is 352. The minimum absolute atomic E-state index is 0.145. The van der Waals surface area contributed by atoms with Crippen molar-refractivity contribution in [1.29, 1.82) is 0 Å². The molecular weight excluding hydrogens is 224 g/mol. The largest absolute Gasteiger partial charge is 0.382 e. The number of nitrogens with two attached hydrogens (primary N) is 1. The molecular formula is C15H26N2O. The first-order chi connectivity index (χ1) is 8.56. The van der Waals surface area contributed by atoms with Crippen molar-refractivity contribution in [3.05, 3.63) is 35.4 Å². The van der Waals surface area contributed by atoms with E-state index in [0.29, 0.717) is 5.92 Å². The molecule has 1 aromatic carbocycles. The molecule has 102 valence electrons. The summed E-state index contributed by atoms with van der Waals surface area (Å²) in [5.41, 5.74) is 5.49. The van der Waals surface area contributed by atoms with Gasteiger partial charge in [0.05, 0.1) is 6.10 Å². The van der Waals surface area contributed by atoms with E-state index in [1.54, 1.807) is 7.11 Å². The number of benzene rings is 1. The highest BCUT2D eigenvalue weighted by Crippen LogP contribution is 2.21. The Morgan fingerprint density at radius 1 is 1.28 bits per heavy atom. The van der Waals surface area contributed by atoms with Crippen molar-refractivity contribution in [2.75, 3.05) is 7.11 Å². The Morgan fingerprint density at radius 2 is 2.00 bits per heavy atom. The monoisotopic (exact) mass is 250 g/mol. The van der Waals surface area contributed by atoms with E-state index in [0.717, 1.165) is 12.8 Å². The van der Waals surface area contributed by atoms with Gasteiger partial charge in [0.1, 0.15) is 0 Å². The van der Waals surface area contributed by atoms with Gasteiger partial charge in [-0.05, 0) is 36.8 Å². The first-order valence-corrected chi connectivity index (χ1v) is 6.64. The Hall–Kier alpha value is -0.900. The van der Waals surface area contributed by atoms with Crippen molar-refractivity contribution in [3.8, 4) is 0 Å². The van der Waals surface area contributed by atoms with Crippen LogP contribution in [0.3, 0.4) is 0 Å². The zero-order valence-electron chi connectivity index (χ0n) is 11.9. The average molecular weight is 250 g/mol. The van der Waals surface area contributed by atoms with Crippen molar-refractivity contribution in [3.63, 3.8) is 0 Å². The minimum atomic E-state index is 0.145. The van der Waals surface area contributed by atoms with E-state index >= 15 is 0 Å². The Morgan fingerprint density at radius 3 is 2.56 bits per heavy atom. The highest BCUT2D eigenvalue weighted by molar-refractivity contribution is 5.26. The van der Waals surface area contributed by atoms with Gasteiger partial charge in [-0.15, -0.1) is 0 Å². The summed E-state index contributed by atoms with van der Waals surface area (Å²) < 4.78 is 5.30. The molecule has 0 saturated heterocycles. The Kier molecular flexibility index (Phi) is 6.33. The van der Waals surface area contributed by atoms with Gasteiger partial charge in [0.2, 0.25) is 0 Å². The molecule has 0 fully saturated rings. The summed E-state index contributed by atoms with van der Waals surface area (Å²) in [6.45, 7) is 6.53. The molecule has 1 aromatic rings. The van der Waals surface area contributed by atoms with E-state index in [4.69, 9.17) is 10.6 Å². The molecule has 3 N–H and O–H groups in total. The molecule has 0 spiro atoms. The number of ether oxygens (including phenoxy) is 1. The summed E-state index contributed by atoms with van der Waals surface area (Å²) in [7, 11) is 1.73. The van der Waals surface area contributed by atoms with Gasteiger partial charge in [0.25, 0.3) is 0 Å². The zero-order chi connectivity index (χ0) is 13.5. The Labute approximate surface area is 111 Å². The molecule has 0 aliphatic rings. The van der Waals surface area contributed by atoms with Gasteiger partial charge >= 0.3 is 0 Å². The quantitative estimate of drug-likeness (QED) is 0.578. The summed E-state index contributed by atoms with van der Waals surface area (Å²) in [5.74, 6) is 6.32. The Balaban J connectivity index is 2.79. The molecule has 0 amide bonds. The van der Waals surface area contributed by atoms with E-state index in [1.807, 2.05) is 0 Å². The second-order valence-electron chi connectivity index (χ2n) is 5.34. The summed E-state index contributed by atoms with van der Waals surface area (Å²) >= 11 is 0. The van der Waals surface area contributed by atoms with Gasteiger partial charge < -0.3 is 4.74 Å². The van der Waals surface area contributed by atoms with Gasteiger partial charge in [0.15, 0.2) is 0 Å². The summed E-state index contributed by atoms with van der Waals surface area (Å²) in [6.07, 6.45) is 2.17. The fourth-order valence-corrected chi connectivity index (χ4v) is 2.14. The maximum Gasteiger partial charge on any atom is 0.0561 e. The number of methoxy groups -OCH3 is 1. The number of rotatable bonds is 7. The SMILES string of the molecule is COC(C)CC(NN)c1cccc(CC(C)C)c1. The molecule has 0 heterocycles. The molecule has 3 heteroatoms. The van der Waals surface area contributed by atoms with Crippen molar-refractivity contribution in [1.82, 2.24) is 5.43 Å². The van der Waals surface area contributed by atoms with Crippen molar-refractivity contribution in [2.24, 2.45) is 11.8 Å². The summed E-state index contributed by atoms with van der Waals surface area (Å²) in [5, 5.41) is 0. The van der Waals surface area contributed by atoms with Crippen LogP contribution >= 0.6 is 0 Å². The number of hydrazine groups is 1. The van der Waals surface area contributed by atoms with E-state index in [-0.39, 0.29) is 12.1 Å². The number of hydrogen-bond acceptors (Lipinski definition) is 3. The van der Waals surface area contributed by atoms with Crippen LogP contribution in [-0.2, 0) is 11.2 Å². The van der Waals surface area contributed by atoms with Gasteiger partial charge in [-0.2, -0.15) is 0 Å². The van der Waals surface area contributed by atoms with Crippen LogP contribution in [0, 0.1) is 5.92 Å². The lowest BCUT2D eigenvalue weighted by molar-refractivity contribution is 0.100. The predicted octanol–water partition coefficient (Wildman–Crippen LogP) is 2.81. The van der Waals surface area contributed by atoms with E-state index in [1.165, 1.54) is 11.1 Å². The standard InChI is InChI=1S/C15H26N2O/c1-11(2)8-13-6-5-7-14(10-13)15(17-16)9-12(3)18-4/h5-7,10-12,15,17H,8-9,16H2,1-4H3. The van der Waals surface area contributed by atoms with Gasteiger partial charge in [-0.3, -0.25) is 11.3 Å². The van der Waals surface area contributed by atoms with Crippen LogP contribution in [0.2, 0.25) is 0 Å². The maximum atomic E-state index is 5.65. The molecule has 2 unspecified atom stereocenters. The third kappa shape index (κ3) is 4.77. The highest BCUT2D eigenvalue weighted by atomic mass is 16.5. The second kappa shape index (κ2) is 7.52. The highest BCUT2D eigenvalue weighted by Gasteiger charge is 2.14. The molecule has 0 saturated carbocycles. The van der Waals surface area contributed by atoms with Crippen LogP contribution in [0.15, 0.2) is 24.3 Å². The maximum absolute atomic E-state index is 5.65. The second-order valence-corrected chi connectivity index (χ2v) is 5.34. The first kappa shape index (κ1) is 15.2. The first-order valence-electron chi connectivity index (χ1n) is 6.64. The fourth-order valence-electron chi connectivity index (χ4n) is 2.14. The normalized spacial score (nSPS) is 14.8. The lowest BCUT2D eigenvalue weighted by Crippen LogP contribution is -2.30. The van der Waals surface area contributed by atoms with Gasteiger partial charge in [0, 0.05) is 13.2 Å². The van der Waals surface area contributed by atoms with Gasteiger partial charge in [-0.1, -0.05) is 38.1 Å². The van der Waals surface area contributed by atoms with Crippen LogP contribution in [0.25, 0.3) is 0 Å². The van der Waals surface area contributed by atoms with Crippen molar-refractivity contribution >= 4 is 0 Å². The van der Waals surface area contributed by atoms with Crippen LogP contribution in [0.4, 0.5) is 0 Å². The molecule has 0 bridgehead atoms. The lowest BCUT2D eigenvalue weighted by Gasteiger charge is -2.20. The van der Waals surface area contributed by atoms with Crippen LogP contribution in [0.1, 0.15) is 44.4 Å². The minimum Gasteiger partial charge on any atom is -0.382 e. The number of nitrogens with one attached hydrogen (secondary N) is 1. The smallest absolute Gasteiger partial charge is 0.0561 e. The third-order valence-corrected chi connectivity index (χ3v) is 3.17. The molecule has 18 heavy (non-hydrogen) atoms. The van der Waals surface area contributed by atoms with Gasteiger partial charge in [-0.25, -0.2) is 0 Å². The van der Waals surface area contributed by atoms with Crippen LogP contribution < -0.4 is 11.3 Å². The fraction of sp³-hybridized carbons (Fsp3) is 0.600. The zero-order valence-corrected chi connectivity index (χ0v) is 11.9. The topological polar surface area (TPSA) is 47.3 Å². The average Bonchev–Trinajstić information content (AvgIpc) is 2.35. The molecule has 2 atom stereocenters.